The van der Waals surface area contributed by atoms with Crippen LogP contribution in [0.2, 0.25) is 0 Å². The second kappa shape index (κ2) is 5.60. The minimum Gasteiger partial charge on any atom is -0.409 e. The van der Waals surface area contributed by atoms with Crippen LogP contribution in [-0.4, -0.2) is 29.6 Å². The van der Waals surface area contributed by atoms with Crippen molar-refractivity contribution in [2.45, 2.75) is 20.8 Å². The number of rotatable bonds is 3. The second-order valence-corrected chi connectivity index (χ2v) is 6.44. The highest BCUT2D eigenvalue weighted by molar-refractivity contribution is 6.08. The fourth-order valence-corrected chi connectivity index (χ4v) is 2.57. The first kappa shape index (κ1) is 15.1. The van der Waals surface area contributed by atoms with Gasteiger partial charge in [0.25, 0.3) is 0 Å². The summed E-state index contributed by atoms with van der Waals surface area (Å²) in [4.78, 5) is 6.53. The topological polar surface area (TPSA) is 74.7 Å². The maximum atomic E-state index is 9.02. The molecule has 0 aliphatic carbocycles. The zero-order valence-corrected chi connectivity index (χ0v) is 13.0. The first-order valence-corrected chi connectivity index (χ1v) is 6.90. The lowest BCUT2D eigenvalue weighted by molar-refractivity contribution is 0.318. The van der Waals surface area contributed by atoms with E-state index in [0.717, 1.165) is 23.1 Å². The summed E-state index contributed by atoms with van der Waals surface area (Å²) in [7, 11) is 2.02. The van der Waals surface area contributed by atoms with Gasteiger partial charge in [-0.05, 0) is 11.5 Å². The first-order chi connectivity index (χ1) is 9.83. The molecule has 1 aromatic carbocycles. The minimum atomic E-state index is 0.0732. The lowest BCUT2D eigenvalue weighted by atomic mass is 9.95. The molecule has 0 bridgehead atoms. The Balaban J connectivity index is 2.66. The van der Waals surface area contributed by atoms with Crippen molar-refractivity contribution in [3.05, 3.63) is 36.0 Å². The van der Waals surface area contributed by atoms with Crippen molar-refractivity contribution in [1.82, 2.24) is 4.98 Å². The van der Waals surface area contributed by atoms with E-state index in [4.69, 9.17) is 10.9 Å². The van der Waals surface area contributed by atoms with Crippen molar-refractivity contribution in [1.29, 1.82) is 0 Å². The molecule has 0 aliphatic rings. The predicted molar refractivity (Wildman–Crippen MR) is 87.0 cm³/mol. The van der Waals surface area contributed by atoms with Crippen molar-refractivity contribution in [2.75, 3.05) is 18.5 Å². The van der Waals surface area contributed by atoms with Crippen molar-refractivity contribution < 1.29 is 5.21 Å². The standard InChI is InChI=1S/C16H22N4O/c1-16(2,3)10-20(4)14-11-7-5-6-8-13(11)18-9-12(14)15(17)19-21/h5-9,21H,10H2,1-4H3,(H2,17,19). The largest absolute Gasteiger partial charge is 0.409 e. The summed E-state index contributed by atoms with van der Waals surface area (Å²) in [6, 6.07) is 7.88. The maximum Gasteiger partial charge on any atom is 0.173 e. The van der Waals surface area contributed by atoms with E-state index in [9.17, 15) is 0 Å². The summed E-state index contributed by atoms with van der Waals surface area (Å²) >= 11 is 0. The number of fused-ring (bicyclic) bond motifs is 1. The number of nitrogens with two attached hydrogens (primary N) is 1. The Morgan fingerprint density at radius 1 is 1.33 bits per heavy atom. The van der Waals surface area contributed by atoms with Gasteiger partial charge in [0.1, 0.15) is 0 Å². The number of hydrogen-bond acceptors (Lipinski definition) is 4. The number of para-hydroxylation sites is 1. The third-order valence-electron chi connectivity index (χ3n) is 3.22. The van der Waals surface area contributed by atoms with Crippen LogP contribution in [0.25, 0.3) is 10.9 Å². The van der Waals surface area contributed by atoms with Gasteiger partial charge in [-0.1, -0.05) is 44.1 Å². The molecule has 1 aromatic heterocycles. The number of hydrogen-bond donors (Lipinski definition) is 2. The Labute approximate surface area is 125 Å². The average Bonchev–Trinajstić information content (AvgIpc) is 2.43. The van der Waals surface area contributed by atoms with Gasteiger partial charge >= 0.3 is 0 Å². The minimum absolute atomic E-state index is 0.0732. The summed E-state index contributed by atoms with van der Waals surface area (Å²) in [6.45, 7) is 7.37. The van der Waals surface area contributed by atoms with E-state index >= 15 is 0 Å². The van der Waals surface area contributed by atoms with E-state index in [2.05, 4.69) is 35.8 Å². The molecule has 2 aromatic rings. The molecule has 5 nitrogen and oxygen atoms in total. The molecule has 0 atom stereocenters. The Morgan fingerprint density at radius 3 is 2.62 bits per heavy atom. The van der Waals surface area contributed by atoms with Crippen LogP contribution in [0.3, 0.4) is 0 Å². The normalized spacial score (nSPS) is 12.7. The summed E-state index contributed by atoms with van der Waals surface area (Å²) in [5, 5.41) is 13.1. The molecule has 0 unspecified atom stereocenters. The highest BCUT2D eigenvalue weighted by Crippen LogP contribution is 2.30. The molecule has 21 heavy (non-hydrogen) atoms. The molecule has 0 saturated carbocycles. The van der Waals surface area contributed by atoms with E-state index in [0.29, 0.717) is 5.56 Å². The van der Waals surface area contributed by atoms with Crippen LogP contribution < -0.4 is 10.6 Å². The van der Waals surface area contributed by atoms with Gasteiger partial charge in [0.05, 0.1) is 16.8 Å². The van der Waals surface area contributed by atoms with Gasteiger partial charge in [-0.15, -0.1) is 0 Å². The summed E-state index contributed by atoms with van der Waals surface area (Å²) < 4.78 is 0. The monoisotopic (exact) mass is 286 g/mol. The predicted octanol–water partition coefficient (Wildman–Crippen LogP) is 2.81. The van der Waals surface area contributed by atoms with Crippen LogP contribution in [-0.2, 0) is 0 Å². The zero-order valence-electron chi connectivity index (χ0n) is 13.0. The number of pyridine rings is 1. The van der Waals surface area contributed by atoms with Crippen LogP contribution in [0.1, 0.15) is 26.3 Å². The zero-order chi connectivity index (χ0) is 15.6. The third-order valence-corrected chi connectivity index (χ3v) is 3.22. The van der Waals surface area contributed by atoms with Crippen LogP contribution in [0.15, 0.2) is 35.6 Å². The number of anilines is 1. The highest BCUT2D eigenvalue weighted by atomic mass is 16.4. The van der Waals surface area contributed by atoms with Crippen molar-refractivity contribution in [3.63, 3.8) is 0 Å². The summed E-state index contributed by atoms with van der Waals surface area (Å²) in [6.07, 6.45) is 1.66. The average molecular weight is 286 g/mol. The highest BCUT2D eigenvalue weighted by Gasteiger charge is 2.20. The summed E-state index contributed by atoms with van der Waals surface area (Å²) in [5.74, 6) is 0.0732. The van der Waals surface area contributed by atoms with Gasteiger partial charge in [-0.2, -0.15) is 0 Å². The molecule has 1 heterocycles. The van der Waals surface area contributed by atoms with Crippen LogP contribution >= 0.6 is 0 Å². The molecule has 0 fully saturated rings. The molecule has 0 saturated heterocycles. The number of benzene rings is 1. The Bertz CT molecular complexity index is 674. The lowest BCUT2D eigenvalue weighted by Crippen LogP contribution is -2.31. The van der Waals surface area contributed by atoms with Gasteiger partial charge in [-0.3, -0.25) is 4.98 Å². The molecule has 0 aliphatic heterocycles. The maximum absolute atomic E-state index is 9.02. The van der Waals surface area contributed by atoms with E-state index in [1.807, 2.05) is 31.3 Å². The van der Waals surface area contributed by atoms with E-state index < -0.39 is 0 Å². The fourth-order valence-electron chi connectivity index (χ4n) is 2.57. The molecule has 2 rings (SSSR count). The number of oxime groups is 1. The molecule has 3 N–H and O–H groups in total. The van der Waals surface area contributed by atoms with Crippen LogP contribution in [0.4, 0.5) is 5.69 Å². The molecule has 0 spiro atoms. The summed E-state index contributed by atoms with van der Waals surface area (Å²) in [5.41, 5.74) is 8.42. The van der Waals surface area contributed by atoms with E-state index in [1.54, 1.807) is 6.20 Å². The van der Waals surface area contributed by atoms with Crippen molar-refractivity contribution in [2.24, 2.45) is 16.3 Å². The second-order valence-electron chi connectivity index (χ2n) is 6.44. The van der Waals surface area contributed by atoms with Crippen molar-refractivity contribution in [3.8, 4) is 0 Å². The molecular weight excluding hydrogens is 264 g/mol. The van der Waals surface area contributed by atoms with Gasteiger partial charge < -0.3 is 15.8 Å². The smallest absolute Gasteiger partial charge is 0.173 e. The molecule has 5 heteroatoms. The van der Waals surface area contributed by atoms with Crippen molar-refractivity contribution >= 4 is 22.4 Å². The Morgan fingerprint density at radius 2 is 2.00 bits per heavy atom. The third kappa shape index (κ3) is 3.24. The molecule has 0 radical (unpaired) electrons. The number of aromatic nitrogens is 1. The van der Waals surface area contributed by atoms with Gasteiger partial charge in [0.15, 0.2) is 5.84 Å². The molecule has 112 valence electrons. The lowest BCUT2D eigenvalue weighted by Gasteiger charge is -2.30. The fraction of sp³-hybridized carbons (Fsp3) is 0.375. The first-order valence-electron chi connectivity index (χ1n) is 6.90. The van der Waals surface area contributed by atoms with Crippen LogP contribution in [0.5, 0.6) is 0 Å². The SMILES string of the molecule is CN(CC(C)(C)C)c1c(C(N)=NO)cnc2ccccc12. The number of amidine groups is 1. The van der Waals surface area contributed by atoms with E-state index in [1.165, 1.54) is 0 Å². The van der Waals surface area contributed by atoms with Gasteiger partial charge in [-0.25, -0.2) is 0 Å². The molecule has 0 amide bonds. The Hall–Kier alpha value is -2.30. The number of nitrogens with zero attached hydrogens (tertiary/aromatic N) is 3. The van der Waals surface area contributed by atoms with E-state index in [-0.39, 0.29) is 11.3 Å². The quantitative estimate of drug-likeness (QED) is 0.394. The molecular formula is C16H22N4O. The Kier molecular flexibility index (Phi) is 4.02. The van der Waals surface area contributed by atoms with Gasteiger partial charge in [0.2, 0.25) is 0 Å². The van der Waals surface area contributed by atoms with Crippen LogP contribution in [0, 0.1) is 5.41 Å². The van der Waals surface area contributed by atoms with Gasteiger partial charge in [0, 0.05) is 25.2 Å².